The number of hydrogen-bond acceptors (Lipinski definition) is 4. The Morgan fingerprint density at radius 2 is 1.95 bits per heavy atom. The van der Waals surface area contributed by atoms with Crippen molar-refractivity contribution in [2.75, 3.05) is 0 Å². The Hall–Kier alpha value is -2.58. The Balaban J connectivity index is 0.00000242. The first kappa shape index (κ1) is 17.5. The summed E-state index contributed by atoms with van der Waals surface area (Å²) in [6.07, 6.45) is 0. The van der Waals surface area contributed by atoms with Crippen LogP contribution in [0.3, 0.4) is 0 Å². The standard InChI is InChI=1S/C16H15N3O2.ClH/c1-11-3-8-15(20)16(18-11)12(2)19-21-10-14-6-4-13(9-17)5-7-14;/h3-8,20H,10H2,1-2H3;1H. The van der Waals surface area contributed by atoms with Crippen LogP contribution in [0, 0.1) is 18.3 Å². The molecule has 0 aliphatic carbocycles. The lowest BCUT2D eigenvalue weighted by molar-refractivity contribution is -0.758. The first-order valence-electron chi connectivity index (χ1n) is 6.47. The van der Waals surface area contributed by atoms with Crippen molar-refractivity contribution < 1.29 is 27.5 Å². The molecule has 6 heteroatoms. The number of halogens is 1. The zero-order chi connectivity index (χ0) is 15.2. The molecule has 2 rings (SSSR count). The molecule has 0 atom stereocenters. The van der Waals surface area contributed by atoms with Crippen LogP contribution in [-0.4, -0.2) is 15.8 Å². The summed E-state index contributed by atoms with van der Waals surface area (Å²) in [5.41, 5.74) is 3.47. The maximum Gasteiger partial charge on any atom is 0.251 e. The minimum atomic E-state index is 0. The fourth-order valence-corrected chi connectivity index (χ4v) is 1.78. The van der Waals surface area contributed by atoms with Crippen LogP contribution in [0.1, 0.15) is 29.4 Å². The number of rotatable bonds is 4. The van der Waals surface area contributed by atoms with E-state index in [2.05, 4.69) is 16.2 Å². The number of nitriles is 1. The minimum absolute atomic E-state index is 0. The van der Waals surface area contributed by atoms with E-state index in [-0.39, 0.29) is 18.2 Å². The van der Waals surface area contributed by atoms with Crippen LogP contribution in [0.4, 0.5) is 0 Å². The molecule has 2 N–H and O–H groups in total. The zero-order valence-corrected chi connectivity index (χ0v) is 13.1. The van der Waals surface area contributed by atoms with E-state index >= 15 is 0 Å². The molecule has 114 valence electrons. The van der Waals surface area contributed by atoms with Crippen molar-refractivity contribution in [2.45, 2.75) is 20.5 Å². The first-order chi connectivity index (χ1) is 10.1. The molecule has 0 saturated carbocycles. The van der Waals surface area contributed by atoms with Gasteiger partial charge in [0.25, 0.3) is 5.71 Å². The third kappa shape index (κ3) is 4.47. The quantitative estimate of drug-likeness (QED) is 0.504. The molecule has 1 aromatic heterocycles. The fraction of sp³-hybridized carbons (Fsp3) is 0.188. The van der Waals surface area contributed by atoms with Crippen LogP contribution >= 0.6 is 0 Å². The summed E-state index contributed by atoms with van der Waals surface area (Å²) in [4.78, 5) is 9.64. The molecule has 0 unspecified atom stereocenters. The second-order valence-electron chi connectivity index (χ2n) is 4.64. The Labute approximate surface area is 135 Å². The van der Waals surface area contributed by atoms with Gasteiger partial charge in [0.15, 0.2) is 12.3 Å². The van der Waals surface area contributed by atoms with Gasteiger partial charge in [0.05, 0.1) is 11.6 Å². The van der Waals surface area contributed by atoms with Gasteiger partial charge in [-0.1, -0.05) is 12.1 Å². The molecule has 0 saturated heterocycles. The maximum atomic E-state index is 9.77. The van der Waals surface area contributed by atoms with Crippen LogP contribution in [0.5, 0.6) is 5.75 Å². The summed E-state index contributed by atoms with van der Waals surface area (Å²) in [7, 11) is 0. The number of nitrogens with one attached hydrogen (secondary N) is 1. The summed E-state index contributed by atoms with van der Waals surface area (Å²) in [5.74, 6) is 0.104. The number of aryl methyl sites for hydroxylation is 1. The zero-order valence-electron chi connectivity index (χ0n) is 12.3. The summed E-state index contributed by atoms with van der Waals surface area (Å²) >= 11 is 0. The lowest BCUT2D eigenvalue weighted by Crippen LogP contribution is -3.00. The van der Waals surface area contributed by atoms with Crippen molar-refractivity contribution in [2.24, 2.45) is 0 Å². The molecular weight excluding hydrogens is 302 g/mol. The second-order valence-corrected chi connectivity index (χ2v) is 4.64. The van der Waals surface area contributed by atoms with E-state index in [1.807, 2.05) is 19.1 Å². The second kappa shape index (κ2) is 8.01. The molecule has 5 nitrogen and oxygen atoms in total. The number of benzene rings is 1. The van der Waals surface area contributed by atoms with E-state index in [1.165, 1.54) is 0 Å². The van der Waals surface area contributed by atoms with E-state index < -0.39 is 0 Å². The number of pyridine rings is 1. The van der Waals surface area contributed by atoms with Crippen LogP contribution in [-0.2, 0) is 11.4 Å². The molecule has 0 aliphatic heterocycles. The third-order valence-electron chi connectivity index (χ3n) is 2.92. The van der Waals surface area contributed by atoms with E-state index in [4.69, 9.17) is 10.1 Å². The molecular formula is C16H16ClN3O2. The predicted molar refractivity (Wildman–Crippen MR) is 77.3 cm³/mol. The van der Waals surface area contributed by atoms with Crippen molar-refractivity contribution in [3.63, 3.8) is 0 Å². The lowest BCUT2D eigenvalue weighted by atomic mass is 10.2. The molecule has 0 aliphatic rings. The van der Waals surface area contributed by atoms with E-state index in [0.29, 0.717) is 23.6 Å². The molecule has 1 aromatic carbocycles. The normalized spacial score (nSPS) is 10.5. The van der Waals surface area contributed by atoms with Gasteiger partial charge in [-0.3, -0.25) is 4.84 Å². The highest BCUT2D eigenvalue weighted by Crippen LogP contribution is 2.13. The van der Waals surface area contributed by atoms with Crippen molar-refractivity contribution >= 4 is 5.71 Å². The highest BCUT2D eigenvalue weighted by atomic mass is 35.5. The van der Waals surface area contributed by atoms with Gasteiger partial charge in [-0.2, -0.15) is 5.26 Å². The van der Waals surface area contributed by atoms with Gasteiger partial charge in [0.1, 0.15) is 5.75 Å². The summed E-state index contributed by atoms with van der Waals surface area (Å²) in [6.45, 7) is 3.98. The first-order valence-corrected chi connectivity index (χ1v) is 6.47. The highest BCUT2D eigenvalue weighted by Gasteiger charge is 2.12. The number of aromatic nitrogens is 1. The molecule has 22 heavy (non-hydrogen) atoms. The average Bonchev–Trinajstić information content (AvgIpc) is 2.50. The Kier molecular flexibility index (Phi) is 6.36. The fourth-order valence-electron chi connectivity index (χ4n) is 1.78. The van der Waals surface area contributed by atoms with Crippen LogP contribution < -0.4 is 17.6 Å². The number of hydrogen-bond donors (Lipinski definition) is 2. The predicted octanol–water partition coefficient (Wildman–Crippen LogP) is -2.01. The molecule has 1 heterocycles. The van der Waals surface area contributed by atoms with Crippen molar-refractivity contribution in [3.05, 3.63) is 58.9 Å². The number of nitrogens with zero attached hydrogens (tertiary/aromatic N) is 2. The monoisotopic (exact) mass is 317 g/mol. The third-order valence-corrected chi connectivity index (χ3v) is 2.92. The molecule has 0 radical (unpaired) electrons. The van der Waals surface area contributed by atoms with Crippen LogP contribution in [0.2, 0.25) is 0 Å². The van der Waals surface area contributed by atoms with Gasteiger partial charge in [-0.05, 0) is 41.9 Å². The van der Waals surface area contributed by atoms with Gasteiger partial charge < -0.3 is 17.5 Å². The largest absolute Gasteiger partial charge is 1.00 e. The Bertz CT molecular complexity index is 706. The van der Waals surface area contributed by atoms with Gasteiger partial charge in [0.2, 0.25) is 0 Å². The highest BCUT2D eigenvalue weighted by molar-refractivity contribution is 5.94. The average molecular weight is 318 g/mol. The van der Waals surface area contributed by atoms with Gasteiger partial charge in [0, 0.05) is 12.6 Å². The molecule has 0 bridgehead atoms. The Morgan fingerprint density at radius 1 is 1.27 bits per heavy atom. The maximum absolute atomic E-state index is 9.77. The molecule has 0 amide bonds. The van der Waals surface area contributed by atoms with Crippen molar-refractivity contribution in [3.8, 4) is 11.8 Å². The smallest absolute Gasteiger partial charge is 0.251 e. The SMILES string of the molecule is CC(=[NH+]OCc1ccc(C#N)cc1)c1nc(C)ccc1O.[Cl-]. The minimum Gasteiger partial charge on any atom is -1.00 e. The van der Waals surface area contributed by atoms with E-state index in [1.54, 1.807) is 31.2 Å². The van der Waals surface area contributed by atoms with E-state index in [9.17, 15) is 5.11 Å². The van der Waals surface area contributed by atoms with E-state index in [0.717, 1.165) is 11.3 Å². The molecule has 2 aromatic rings. The molecule has 0 spiro atoms. The Morgan fingerprint density at radius 3 is 2.59 bits per heavy atom. The van der Waals surface area contributed by atoms with Crippen molar-refractivity contribution in [1.82, 2.24) is 4.98 Å². The van der Waals surface area contributed by atoms with Gasteiger partial charge in [-0.25, -0.2) is 4.98 Å². The van der Waals surface area contributed by atoms with Gasteiger partial charge >= 0.3 is 0 Å². The van der Waals surface area contributed by atoms with Gasteiger partial charge in [-0.15, -0.1) is 0 Å². The summed E-state index contributed by atoms with van der Waals surface area (Å²) < 4.78 is 0. The van der Waals surface area contributed by atoms with Crippen molar-refractivity contribution in [1.29, 1.82) is 5.26 Å². The number of aromatic hydroxyl groups is 1. The summed E-state index contributed by atoms with van der Waals surface area (Å²) in [6, 6.07) is 12.5. The van der Waals surface area contributed by atoms with Crippen LogP contribution in [0.15, 0.2) is 36.4 Å². The summed E-state index contributed by atoms with van der Waals surface area (Å²) in [5, 5.41) is 21.3. The molecule has 0 fully saturated rings. The topological polar surface area (TPSA) is 80.1 Å². The lowest BCUT2D eigenvalue weighted by Gasteiger charge is -2.01. The van der Waals surface area contributed by atoms with Crippen LogP contribution in [0.25, 0.3) is 0 Å².